The lowest BCUT2D eigenvalue weighted by molar-refractivity contribution is 1.62. The second kappa shape index (κ2) is 7.66. The van der Waals surface area contributed by atoms with Crippen LogP contribution in [0.4, 0.5) is 0 Å². The molecule has 138 valence electrons. The molecule has 1 unspecified atom stereocenters. The van der Waals surface area contributed by atoms with Gasteiger partial charge in [-0.15, -0.1) is 9.24 Å². The Hall–Kier alpha value is -3.21. The molecule has 0 saturated heterocycles. The van der Waals surface area contributed by atoms with E-state index in [0.29, 0.717) is 0 Å². The van der Waals surface area contributed by atoms with Crippen molar-refractivity contribution in [1.82, 2.24) is 0 Å². The Bertz CT molecular complexity index is 1330. The molecule has 0 bridgehead atoms. The highest BCUT2D eigenvalue weighted by molar-refractivity contribution is 7.28. The van der Waals surface area contributed by atoms with E-state index in [2.05, 4.69) is 112 Å². The van der Waals surface area contributed by atoms with Gasteiger partial charge in [0.15, 0.2) is 0 Å². The maximum absolute atomic E-state index is 2.83. The molecule has 0 heterocycles. The molecule has 6 rings (SSSR count). The van der Waals surface area contributed by atoms with Crippen molar-refractivity contribution >= 4 is 46.9 Å². The normalized spacial score (nSPS) is 10.9. The smallest absolute Gasteiger partial charge is 0.00206 e. The summed E-state index contributed by atoms with van der Waals surface area (Å²) >= 11 is 0. The quantitative estimate of drug-likeness (QED) is 0.203. The van der Waals surface area contributed by atoms with E-state index in [4.69, 9.17) is 0 Å². The van der Waals surface area contributed by atoms with Crippen LogP contribution in [0.5, 0.6) is 0 Å². The third-order valence-electron chi connectivity index (χ3n) is 5.44. The molecule has 0 radical (unpaired) electrons. The summed E-state index contributed by atoms with van der Waals surface area (Å²) in [5.74, 6) is 0. The molecule has 1 atom stereocenters. The van der Waals surface area contributed by atoms with Gasteiger partial charge in [0.25, 0.3) is 0 Å². The van der Waals surface area contributed by atoms with E-state index in [0.717, 1.165) is 0 Å². The summed E-state index contributed by atoms with van der Waals surface area (Å²) < 4.78 is 0. The van der Waals surface area contributed by atoms with Crippen molar-refractivity contribution in [3.8, 4) is 11.1 Å². The summed E-state index contributed by atoms with van der Waals surface area (Å²) in [5.41, 5.74) is 2.55. The highest BCUT2D eigenvalue weighted by atomic mass is 31.0. The highest BCUT2D eigenvalue weighted by Gasteiger charge is 2.08. The number of hydrogen-bond donors (Lipinski definition) is 0. The summed E-state index contributed by atoms with van der Waals surface area (Å²) in [6.07, 6.45) is 0. The molecule has 29 heavy (non-hydrogen) atoms. The van der Waals surface area contributed by atoms with Gasteiger partial charge in [-0.3, -0.25) is 0 Å². The van der Waals surface area contributed by atoms with Crippen LogP contribution in [0.15, 0.2) is 115 Å². The summed E-state index contributed by atoms with van der Waals surface area (Å²) in [5, 5.41) is 9.40. The zero-order chi connectivity index (χ0) is 19.6. The predicted octanol–water partition coefficient (Wildman–Crippen LogP) is 7.44. The first-order valence-electron chi connectivity index (χ1n) is 9.84. The molecule has 0 N–H and O–H groups in total. The van der Waals surface area contributed by atoms with E-state index in [1.165, 1.54) is 48.7 Å². The molecule has 0 aliphatic rings. The zero-order valence-electron chi connectivity index (χ0n) is 16.0. The minimum absolute atomic E-state index is 1.27. The molecule has 0 amide bonds. The maximum Gasteiger partial charge on any atom is -0.00206 e. The molecule has 6 aromatic carbocycles. The average molecular weight is 388 g/mol. The summed E-state index contributed by atoms with van der Waals surface area (Å²) in [7, 11) is 2.83. The fraction of sp³-hybridized carbons (Fsp3) is 0. The van der Waals surface area contributed by atoms with E-state index in [-0.39, 0.29) is 0 Å². The monoisotopic (exact) mass is 388 g/mol. The van der Waals surface area contributed by atoms with E-state index in [9.17, 15) is 0 Å². The molecule has 1 heteroatoms. The standard InChI is InChI=1S/C16H11P.C12H10/c17-14-9-7-12-5-4-10-2-1-3-11-6-8-13(14)16(12)15(10)11;1-3-7-11(8-4-1)12-9-5-2-6-10-12/h1-9H,17H2;1-10H. The Balaban J connectivity index is 0.000000134. The minimum Gasteiger partial charge on any atom is -0.105 e. The third kappa shape index (κ3) is 3.37. The average Bonchev–Trinajstić information content (AvgIpc) is 2.80. The van der Waals surface area contributed by atoms with Gasteiger partial charge in [-0.2, -0.15) is 0 Å². The van der Waals surface area contributed by atoms with Crippen LogP contribution in [0.25, 0.3) is 43.4 Å². The van der Waals surface area contributed by atoms with Gasteiger partial charge in [0.2, 0.25) is 0 Å². The van der Waals surface area contributed by atoms with Crippen molar-refractivity contribution < 1.29 is 0 Å². The first kappa shape index (κ1) is 17.9. The molecule has 0 saturated carbocycles. The lowest BCUT2D eigenvalue weighted by Crippen LogP contribution is -1.94. The topological polar surface area (TPSA) is 0 Å². The lowest BCUT2D eigenvalue weighted by atomic mass is 9.94. The molecule has 0 nitrogen and oxygen atoms in total. The summed E-state index contributed by atoms with van der Waals surface area (Å²) in [4.78, 5) is 0. The first-order valence-corrected chi connectivity index (χ1v) is 10.4. The molecular formula is C28H21P. The Kier molecular flexibility index (Phi) is 4.72. The fourth-order valence-corrected chi connectivity index (χ4v) is 4.36. The van der Waals surface area contributed by atoms with E-state index in [1.54, 1.807) is 0 Å². The molecule has 0 aliphatic heterocycles. The van der Waals surface area contributed by atoms with Crippen LogP contribution < -0.4 is 5.30 Å². The zero-order valence-corrected chi connectivity index (χ0v) is 17.2. The van der Waals surface area contributed by atoms with Crippen LogP contribution in [0.2, 0.25) is 0 Å². The fourth-order valence-electron chi connectivity index (χ4n) is 4.02. The second-order valence-corrected chi connectivity index (χ2v) is 7.86. The van der Waals surface area contributed by atoms with Gasteiger partial charge >= 0.3 is 0 Å². The van der Waals surface area contributed by atoms with Gasteiger partial charge < -0.3 is 0 Å². The van der Waals surface area contributed by atoms with Crippen LogP contribution in [0.1, 0.15) is 0 Å². The largest absolute Gasteiger partial charge is 0.105 e. The van der Waals surface area contributed by atoms with Crippen LogP contribution in [0.3, 0.4) is 0 Å². The molecule has 0 aromatic heterocycles. The van der Waals surface area contributed by atoms with E-state index in [1.807, 2.05) is 12.1 Å². The highest BCUT2D eigenvalue weighted by Crippen LogP contribution is 2.33. The Labute approximate surface area is 173 Å². The molecule has 0 fully saturated rings. The SMILES string of the molecule is Pc1ccc2ccc3cccc4ccc1c2c34.c1ccc(-c2ccccc2)cc1. The Morgan fingerprint density at radius 3 is 1.45 bits per heavy atom. The van der Waals surface area contributed by atoms with Gasteiger partial charge in [-0.1, -0.05) is 115 Å². The Morgan fingerprint density at radius 2 is 0.862 bits per heavy atom. The summed E-state index contributed by atoms with van der Waals surface area (Å²) in [6, 6.07) is 40.5. The van der Waals surface area contributed by atoms with Crippen LogP contribution in [-0.2, 0) is 0 Å². The van der Waals surface area contributed by atoms with Crippen LogP contribution >= 0.6 is 9.24 Å². The van der Waals surface area contributed by atoms with E-state index >= 15 is 0 Å². The number of rotatable bonds is 1. The van der Waals surface area contributed by atoms with Crippen molar-refractivity contribution in [3.63, 3.8) is 0 Å². The van der Waals surface area contributed by atoms with Crippen molar-refractivity contribution in [2.45, 2.75) is 0 Å². The van der Waals surface area contributed by atoms with Gasteiger partial charge in [0.1, 0.15) is 0 Å². The Morgan fingerprint density at radius 1 is 0.379 bits per heavy atom. The van der Waals surface area contributed by atoms with Crippen molar-refractivity contribution in [2.75, 3.05) is 0 Å². The predicted molar refractivity (Wildman–Crippen MR) is 131 cm³/mol. The first-order chi connectivity index (χ1) is 14.3. The number of benzene rings is 6. The minimum atomic E-state index is 1.27. The molecule has 0 aliphatic carbocycles. The lowest BCUT2D eigenvalue weighted by Gasteiger charge is -2.11. The third-order valence-corrected chi connectivity index (χ3v) is 5.95. The van der Waals surface area contributed by atoms with Gasteiger partial charge in [0.05, 0.1) is 0 Å². The summed E-state index contributed by atoms with van der Waals surface area (Å²) in [6.45, 7) is 0. The van der Waals surface area contributed by atoms with Crippen molar-refractivity contribution in [3.05, 3.63) is 115 Å². The second-order valence-electron chi connectivity index (χ2n) is 7.24. The van der Waals surface area contributed by atoms with Crippen molar-refractivity contribution in [2.24, 2.45) is 0 Å². The van der Waals surface area contributed by atoms with E-state index < -0.39 is 0 Å². The van der Waals surface area contributed by atoms with Crippen LogP contribution in [-0.4, -0.2) is 0 Å². The molecule has 0 spiro atoms. The van der Waals surface area contributed by atoms with Gasteiger partial charge in [-0.05, 0) is 48.7 Å². The number of hydrogen-bond acceptors (Lipinski definition) is 0. The molecule has 6 aromatic rings. The van der Waals surface area contributed by atoms with Gasteiger partial charge in [0, 0.05) is 0 Å². The van der Waals surface area contributed by atoms with Crippen LogP contribution in [0, 0.1) is 0 Å². The maximum atomic E-state index is 2.83. The van der Waals surface area contributed by atoms with Gasteiger partial charge in [-0.25, -0.2) is 0 Å². The van der Waals surface area contributed by atoms with Crippen molar-refractivity contribution in [1.29, 1.82) is 0 Å². The molecular weight excluding hydrogens is 367 g/mol.